The summed E-state index contributed by atoms with van der Waals surface area (Å²) in [7, 11) is 0. The van der Waals surface area contributed by atoms with Gasteiger partial charge in [0, 0.05) is 18.1 Å². The largest absolute Gasteiger partial charge is 0.452 e. The van der Waals surface area contributed by atoms with Crippen molar-refractivity contribution >= 4 is 23.5 Å². The Hall–Kier alpha value is -2.33. The van der Waals surface area contributed by atoms with Gasteiger partial charge in [0.2, 0.25) is 0 Å². The molecule has 0 spiro atoms. The second-order valence-electron chi connectivity index (χ2n) is 5.42. The van der Waals surface area contributed by atoms with Gasteiger partial charge in [0.05, 0.1) is 5.56 Å². The molecule has 2 aromatic carbocycles. The second kappa shape index (κ2) is 6.84. The summed E-state index contributed by atoms with van der Waals surface area (Å²) in [5.74, 6) is -0.729. The molecule has 1 aliphatic rings. The Balaban J connectivity index is 1.57. The smallest absolute Gasteiger partial charge is 0.338 e. The maximum atomic E-state index is 12.2. The highest BCUT2D eigenvalue weighted by molar-refractivity contribution is 6.30. The van der Waals surface area contributed by atoms with Gasteiger partial charge >= 0.3 is 5.97 Å². The number of rotatable bonds is 3. The Morgan fingerprint density at radius 2 is 1.87 bits per heavy atom. The van der Waals surface area contributed by atoms with Crippen molar-refractivity contribution in [1.29, 1.82) is 0 Å². The molecule has 118 valence electrons. The molecule has 0 atom stereocenters. The van der Waals surface area contributed by atoms with Crippen LogP contribution in [0.5, 0.6) is 0 Å². The number of amides is 1. The number of carbonyl (C=O) groups excluding carboxylic acids is 2. The maximum absolute atomic E-state index is 12.2. The van der Waals surface area contributed by atoms with E-state index in [9.17, 15) is 9.59 Å². The minimum Gasteiger partial charge on any atom is -0.452 e. The molecule has 0 saturated heterocycles. The molecule has 4 nitrogen and oxygen atoms in total. The average Bonchev–Trinajstić information content (AvgIpc) is 2.59. The molecule has 0 aliphatic carbocycles. The number of ether oxygens (including phenoxy) is 1. The number of nitrogens with zero attached hydrogens (tertiary/aromatic N) is 1. The van der Waals surface area contributed by atoms with Crippen LogP contribution >= 0.6 is 11.6 Å². The molecule has 0 radical (unpaired) electrons. The first-order valence-corrected chi connectivity index (χ1v) is 7.78. The van der Waals surface area contributed by atoms with Crippen molar-refractivity contribution in [1.82, 2.24) is 4.90 Å². The molecular formula is C18H16ClNO3. The summed E-state index contributed by atoms with van der Waals surface area (Å²) in [5.41, 5.74) is 2.76. The Morgan fingerprint density at radius 1 is 1.09 bits per heavy atom. The van der Waals surface area contributed by atoms with Gasteiger partial charge in [-0.25, -0.2) is 4.79 Å². The lowest BCUT2D eigenvalue weighted by atomic mass is 10.00. The lowest BCUT2D eigenvalue weighted by Crippen LogP contribution is -2.38. The molecule has 5 heteroatoms. The van der Waals surface area contributed by atoms with Gasteiger partial charge in [-0.3, -0.25) is 4.79 Å². The van der Waals surface area contributed by atoms with Crippen molar-refractivity contribution < 1.29 is 14.3 Å². The van der Waals surface area contributed by atoms with Gasteiger partial charge in [-0.15, -0.1) is 0 Å². The quantitative estimate of drug-likeness (QED) is 0.813. The summed E-state index contributed by atoms with van der Waals surface area (Å²) in [4.78, 5) is 25.9. The van der Waals surface area contributed by atoms with Crippen LogP contribution in [0.1, 0.15) is 21.5 Å². The maximum Gasteiger partial charge on any atom is 0.338 e. The molecule has 0 fully saturated rings. The normalized spacial score (nSPS) is 13.3. The van der Waals surface area contributed by atoms with Crippen LogP contribution in [-0.4, -0.2) is 29.9 Å². The van der Waals surface area contributed by atoms with Crippen LogP contribution < -0.4 is 0 Å². The lowest BCUT2D eigenvalue weighted by Gasteiger charge is -2.28. The van der Waals surface area contributed by atoms with E-state index in [0.717, 1.165) is 12.0 Å². The number of benzene rings is 2. The molecular weight excluding hydrogens is 314 g/mol. The van der Waals surface area contributed by atoms with Crippen LogP contribution in [0.15, 0.2) is 48.5 Å². The standard InChI is InChI=1S/C18H16ClNO3/c19-16-7-3-6-14(10-16)18(22)23-12-17(21)20-9-8-13-4-1-2-5-15(13)11-20/h1-7,10H,8-9,11-12H2. The molecule has 0 aromatic heterocycles. The molecule has 0 bridgehead atoms. The minimum absolute atomic E-state index is 0.185. The van der Waals surface area contributed by atoms with Crippen molar-refractivity contribution in [3.05, 3.63) is 70.2 Å². The molecule has 2 aromatic rings. The van der Waals surface area contributed by atoms with E-state index in [-0.39, 0.29) is 12.5 Å². The minimum atomic E-state index is -0.543. The molecule has 23 heavy (non-hydrogen) atoms. The van der Waals surface area contributed by atoms with Crippen LogP contribution in [0.2, 0.25) is 5.02 Å². The zero-order chi connectivity index (χ0) is 16.2. The van der Waals surface area contributed by atoms with Crippen molar-refractivity contribution in [2.75, 3.05) is 13.2 Å². The fourth-order valence-electron chi connectivity index (χ4n) is 2.63. The summed E-state index contributed by atoms with van der Waals surface area (Å²) >= 11 is 5.84. The van der Waals surface area contributed by atoms with Crippen LogP contribution in [0, 0.1) is 0 Å². The van der Waals surface area contributed by atoms with Gasteiger partial charge in [0.1, 0.15) is 0 Å². The molecule has 1 amide bonds. The van der Waals surface area contributed by atoms with Gasteiger partial charge in [0.15, 0.2) is 6.61 Å². The third-order valence-corrected chi connectivity index (χ3v) is 4.11. The first-order valence-electron chi connectivity index (χ1n) is 7.41. The molecule has 0 N–H and O–H groups in total. The van der Waals surface area contributed by atoms with E-state index in [1.54, 1.807) is 23.1 Å². The highest BCUT2D eigenvalue weighted by Crippen LogP contribution is 2.18. The number of esters is 1. The average molecular weight is 330 g/mol. The summed E-state index contributed by atoms with van der Waals surface area (Å²) in [6.07, 6.45) is 0.824. The predicted octanol–water partition coefficient (Wildman–Crippen LogP) is 3.08. The first kappa shape index (κ1) is 15.6. The Kier molecular flexibility index (Phi) is 4.63. The van der Waals surface area contributed by atoms with Crippen LogP contribution in [0.3, 0.4) is 0 Å². The summed E-state index contributed by atoms with van der Waals surface area (Å²) in [6.45, 7) is 0.946. The molecule has 0 unspecified atom stereocenters. The van der Waals surface area contributed by atoms with E-state index < -0.39 is 5.97 Å². The fraction of sp³-hybridized carbons (Fsp3) is 0.222. The monoisotopic (exact) mass is 329 g/mol. The van der Waals surface area contributed by atoms with E-state index in [0.29, 0.717) is 23.7 Å². The zero-order valence-electron chi connectivity index (χ0n) is 12.5. The summed E-state index contributed by atoms with van der Waals surface area (Å²) < 4.78 is 5.10. The van der Waals surface area contributed by atoms with Crippen molar-refractivity contribution in [3.8, 4) is 0 Å². The van der Waals surface area contributed by atoms with E-state index in [4.69, 9.17) is 16.3 Å². The topological polar surface area (TPSA) is 46.6 Å². The van der Waals surface area contributed by atoms with Gasteiger partial charge < -0.3 is 9.64 Å². The molecule has 1 heterocycles. The number of hydrogen-bond donors (Lipinski definition) is 0. The van der Waals surface area contributed by atoms with E-state index in [1.807, 2.05) is 18.2 Å². The number of fused-ring (bicyclic) bond motifs is 1. The SMILES string of the molecule is O=C(OCC(=O)N1CCc2ccccc2C1)c1cccc(Cl)c1. The van der Waals surface area contributed by atoms with Crippen molar-refractivity contribution in [2.45, 2.75) is 13.0 Å². The van der Waals surface area contributed by atoms with Gasteiger partial charge in [-0.05, 0) is 35.7 Å². The Morgan fingerprint density at radius 3 is 2.65 bits per heavy atom. The highest BCUT2D eigenvalue weighted by Gasteiger charge is 2.21. The van der Waals surface area contributed by atoms with Gasteiger partial charge in [0.25, 0.3) is 5.91 Å². The first-order chi connectivity index (χ1) is 11.1. The van der Waals surface area contributed by atoms with Crippen LogP contribution in [0.25, 0.3) is 0 Å². The Labute approximate surface area is 139 Å². The summed E-state index contributed by atoms with van der Waals surface area (Å²) in [6, 6.07) is 14.5. The molecule has 1 aliphatic heterocycles. The second-order valence-corrected chi connectivity index (χ2v) is 5.86. The zero-order valence-corrected chi connectivity index (χ0v) is 13.3. The van der Waals surface area contributed by atoms with Crippen molar-refractivity contribution in [2.24, 2.45) is 0 Å². The van der Waals surface area contributed by atoms with Crippen LogP contribution in [-0.2, 0) is 22.5 Å². The molecule has 0 saturated carbocycles. The third-order valence-electron chi connectivity index (χ3n) is 3.87. The lowest BCUT2D eigenvalue weighted by molar-refractivity contribution is -0.135. The van der Waals surface area contributed by atoms with Gasteiger partial charge in [-0.2, -0.15) is 0 Å². The number of halogens is 1. The predicted molar refractivity (Wildman–Crippen MR) is 87.3 cm³/mol. The van der Waals surface area contributed by atoms with E-state index in [1.165, 1.54) is 11.6 Å². The van der Waals surface area contributed by atoms with Crippen molar-refractivity contribution in [3.63, 3.8) is 0 Å². The Bertz CT molecular complexity index is 745. The number of hydrogen-bond acceptors (Lipinski definition) is 3. The molecule has 3 rings (SSSR count). The summed E-state index contributed by atoms with van der Waals surface area (Å²) in [5, 5.41) is 0.457. The highest BCUT2D eigenvalue weighted by atomic mass is 35.5. The van der Waals surface area contributed by atoms with Gasteiger partial charge in [-0.1, -0.05) is 41.9 Å². The fourth-order valence-corrected chi connectivity index (χ4v) is 2.82. The van der Waals surface area contributed by atoms with E-state index >= 15 is 0 Å². The number of carbonyl (C=O) groups is 2. The third kappa shape index (κ3) is 3.71. The van der Waals surface area contributed by atoms with E-state index in [2.05, 4.69) is 6.07 Å². The van der Waals surface area contributed by atoms with Crippen LogP contribution in [0.4, 0.5) is 0 Å².